The topological polar surface area (TPSA) is 50.1 Å². The van der Waals surface area contributed by atoms with Gasteiger partial charge in [0, 0.05) is 5.02 Å². The van der Waals surface area contributed by atoms with Crippen LogP contribution in [0.15, 0.2) is 18.2 Å². The number of nitrogens with zero attached hydrogens (tertiary/aromatic N) is 1. The molecule has 0 aliphatic heterocycles. The van der Waals surface area contributed by atoms with Crippen molar-refractivity contribution in [3.63, 3.8) is 0 Å². The number of hydrogen-bond donors (Lipinski definition) is 0. The zero-order chi connectivity index (χ0) is 10.6. The fourth-order valence-corrected chi connectivity index (χ4v) is 1.12. The van der Waals surface area contributed by atoms with Crippen molar-refractivity contribution in [2.24, 2.45) is 0 Å². The predicted octanol–water partition coefficient (Wildman–Crippen LogP) is 2.44. The molecule has 0 amide bonds. The third-order valence-corrected chi connectivity index (χ3v) is 1.82. The van der Waals surface area contributed by atoms with Crippen molar-refractivity contribution in [1.82, 2.24) is 0 Å². The van der Waals surface area contributed by atoms with Crippen molar-refractivity contribution in [2.45, 2.75) is 13.0 Å². The second kappa shape index (κ2) is 4.64. The zero-order valence-electron chi connectivity index (χ0n) is 7.53. The van der Waals surface area contributed by atoms with Crippen LogP contribution in [-0.4, -0.2) is 12.4 Å². The normalized spacial score (nSPS) is 11.5. The van der Waals surface area contributed by atoms with Crippen LogP contribution in [0.5, 0.6) is 5.75 Å². The Hall–Kier alpha value is -1.53. The summed E-state index contributed by atoms with van der Waals surface area (Å²) < 4.78 is 5.19. The number of benzene rings is 1. The molecule has 0 aliphatic carbocycles. The van der Waals surface area contributed by atoms with E-state index in [9.17, 15) is 4.79 Å². The number of hydrogen-bond acceptors (Lipinski definition) is 3. The Kier molecular flexibility index (Phi) is 3.49. The van der Waals surface area contributed by atoms with Gasteiger partial charge in [0.2, 0.25) is 0 Å². The highest BCUT2D eigenvalue weighted by molar-refractivity contribution is 6.30. The summed E-state index contributed by atoms with van der Waals surface area (Å²) in [5.74, 6) is 0.374. The van der Waals surface area contributed by atoms with E-state index in [1.807, 2.05) is 6.07 Å². The van der Waals surface area contributed by atoms with Crippen LogP contribution in [-0.2, 0) is 0 Å². The van der Waals surface area contributed by atoms with E-state index in [1.54, 1.807) is 19.1 Å². The quantitative estimate of drug-likeness (QED) is 0.719. The Balaban J connectivity index is 2.97. The number of carbonyl (C=O) groups excluding carboxylic acids is 1. The largest absolute Gasteiger partial charge is 0.475 e. The molecule has 0 fully saturated rings. The molecule has 0 bridgehead atoms. The van der Waals surface area contributed by atoms with Crippen molar-refractivity contribution in [3.8, 4) is 11.8 Å². The summed E-state index contributed by atoms with van der Waals surface area (Å²) in [5.41, 5.74) is 0.347. The standard InChI is InChI=1S/C10H8ClNO2/c1-7(5-12)14-10-3-2-9(11)4-8(10)6-13/h2-4,6-7H,1H3. The van der Waals surface area contributed by atoms with Crippen LogP contribution in [0.4, 0.5) is 0 Å². The molecular weight excluding hydrogens is 202 g/mol. The first-order valence-corrected chi connectivity index (χ1v) is 4.36. The highest BCUT2D eigenvalue weighted by Gasteiger charge is 2.07. The van der Waals surface area contributed by atoms with E-state index >= 15 is 0 Å². The van der Waals surface area contributed by atoms with Gasteiger partial charge in [0.15, 0.2) is 12.4 Å². The zero-order valence-corrected chi connectivity index (χ0v) is 8.28. The van der Waals surface area contributed by atoms with Crippen LogP contribution in [0.1, 0.15) is 17.3 Å². The molecule has 72 valence electrons. The highest BCUT2D eigenvalue weighted by Crippen LogP contribution is 2.22. The minimum absolute atomic E-state index is 0.347. The van der Waals surface area contributed by atoms with E-state index in [2.05, 4.69) is 0 Å². The van der Waals surface area contributed by atoms with E-state index < -0.39 is 6.10 Å². The van der Waals surface area contributed by atoms with Crippen LogP contribution >= 0.6 is 11.6 Å². The molecular formula is C10H8ClNO2. The lowest BCUT2D eigenvalue weighted by Gasteiger charge is -2.09. The molecule has 0 aliphatic rings. The number of ether oxygens (including phenoxy) is 1. The molecule has 4 heteroatoms. The molecule has 0 spiro atoms. The molecule has 3 nitrogen and oxygen atoms in total. The number of halogens is 1. The smallest absolute Gasteiger partial charge is 0.181 e. The van der Waals surface area contributed by atoms with Gasteiger partial charge in [0.25, 0.3) is 0 Å². The van der Waals surface area contributed by atoms with Gasteiger partial charge in [-0.25, -0.2) is 0 Å². The lowest BCUT2D eigenvalue weighted by molar-refractivity contribution is 0.111. The minimum Gasteiger partial charge on any atom is -0.475 e. The SMILES string of the molecule is CC(C#N)Oc1ccc(Cl)cc1C=O. The van der Waals surface area contributed by atoms with Crippen molar-refractivity contribution in [1.29, 1.82) is 5.26 Å². The molecule has 1 aromatic rings. The van der Waals surface area contributed by atoms with Crippen LogP contribution in [0.3, 0.4) is 0 Å². The van der Waals surface area contributed by atoms with E-state index in [0.717, 1.165) is 0 Å². The number of aldehydes is 1. The molecule has 14 heavy (non-hydrogen) atoms. The van der Waals surface area contributed by atoms with Gasteiger partial charge < -0.3 is 4.74 Å². The molecule has 0 radical (unpaired) electrons. The van der Waals surface area contributed by atoms with Gasteiger partial charge in [-0.2, -0.15) is 5.26 Å². The predicted molar refractivity (Wildman–Crippen MR) is 52.5 cm³/mol. The monoisotopic (exact) mass is 209 g/mol. The van der Waals surface area contributed by atoms with Crippen molar-refractivity contribution in [3.05, 3.63) is 28.8 Å². The molecule has 1 rings (SSSR count). The summed E-state index contributed by atoms with van der Waals surface area (Å²) in [7, 11) is 0. The van der Waals surface area contributed by atoms with E-state index in [0.29, 0.717) is 22.6 Å². The summed E-state index contributed by atoms with van der Waals surface area (Å²) in [6.07, 6.45) is 0.0561. The number of nitriles is 1. The highest BCUT2D eigenvalue weighted by atomic mass is 35.5. The maximum Gasteiger partial charge on any atom is 0.181 e. The third-order valence-electron chi connectivity index (χ3n) is 1.58. The summed E-state index contributed by atoms with van der Waals surface area (Å²) in [5, 5.41) is 8.99. The lowest BCUT2D eigenvalue weighted by Crippen LogP contribution is -2.09. The fraction of sp³-hybridized carbons (Fsp3) is 0.200. The Bertz CT molecular complexity index is 384. The molecule has 0 aromatic heterocycles. The Morgan fingerprint density at radius 1 is 1.64 bits per heavy atom. The number of rotatable bonds is 3. The summed E-state index contributed by atoms with van der Waals surface area (Å²) in [4.78, 5) is 10.6. The lowest BCUT2D eigenvalue weighted by atomic mass is 10.2. The second-order valence-corrected chi connectivity index (χ2v) is 3.13. The second-order valence-electron chi connectivity index (χ2n) is 2.69. The molecule has 1 unspecified atom stereocenters. The van der Waals surface area contributed by atoms with Gasteiger partial charge in [-0.15, -0.1) is 0 Å². The maximum atomic E-state index is 10.6. The summed E-state index contributed by atoms with van der Waals surface area (Å²) in [6.45, 7) is 1.60. The first kappa shape index (κ1) is 10.6. The molecule has 1 atom stereocenters. The van der Waals surface area contributed by atoms with Crippen LogP contribution < -0.4 is 4.74 Å². The Morgan fingerprint density at radius 3 is 2.93 bits per heavy atom. The van der Waals surface area contributed by atoms with Gasteiger partial charge in [0.05, 0.1) is 5.56 Å². The van der Waals surface area contributed by atoms with Gasteiger partial charge in [-0.1, -0.05) is 11.6 Å². The first-order valence-electron chi connectivity index (χ1n) is 3.98. The van der Waals surface area contributed by atoms with Gasteiger partial charge in [-0.3, -0.25) is 4.79 Å². The minimum atomic E-state index is -0.588. The molecule has 0 saturated carbocycles. The molecule has 0 saturated heterocycles. The average molecular weight is 210 g/mol. The Labute approximate surface area is 86.9 Å². The maximum absolute atomic E-state index is 10.6. The molecule has 1 aromatic carbocycles. The van der Waals surface area contributed by atoms with Crippen molar-refractivity contribution < 1.29 is 9.53 Å². The van der Waals surface area contributed by atoms with Gasteiger partial charge in [-0.05, 0) is 25.1 Å². The summed E-state index contributed by atoms with van der Waals surface area (Å²) in [6, 6.07) is 6.58. The van der Waals surface area contributed by atoms with Crippen molar-refractivity contribution >= 4 is 17.9 Å². The van der Waals surface area contributed by atoms with Crippen LogP contribution in [0.2, 0.25) is 5.02 Å². The van der Waals surface area contributed by atoms with Crippen molar-refractivity contribution in [2.75, 3.05) is 0 Å². The van der Waals surface area contributed by atoms with Gasteiger partial charge >= 0.3 is 0 Å². The molecule has 0 N–H and O–H groups in total. The van der Waals surface area contributed by atoms with E-state index in [1.165, 1.54) is 6.07 Å². The number of carbonyl (C=O) groups is 1. The van der Waals surface area contributed by atoms with Gasteiger partial charge in [0.1, 0.15) is 11.8 Å². The fourth-order valence-electron chi connectivity index (χ4n) is 0.936. The summed E-state index contributed by atoms with van der Waals surface area (Å²) >= 11 is 5.69. The third kappa shape index (κ3) is 2.48. The van der Waals surface area contributed by atoms with Crippen LogP contribution in [0.25, 0.3) is 0 Å². The van der Waals surface area contributed by atoms with E-state index in [4.69, 9.17) is 21.6 Å². The van der Waals surface area contributed by atoms with Crippen LogP contribution in [0, 0.1) is 11.3 Å². The van der Waals surface area contributed by atoms with E-state index in [-0.39, 0.29) is 0 Å². The average Bonchev–Trinajstić information content (AvgIpc) is 2.20. The Morgan fingerprint density at radius 2 is 2.36 bits per heavy atom. The first-order chi connectivity index (χ1) is 6.67. The molecule has 0 heterocycles.